The molecule has 0 aliphatic heterocycles. The number of hydrogen-bond donors (Lipinski definition) is 1. The second-order valence-electron chi connectivity index (χ2n) is 4.78. The Balaban J connectivity index is 2.29. The fraction of sp³-hybridized carbons (Fsp3) is 0.400. The molecule has 0 fully saturated rings. The highest BCUT2D eigenvalue weighted by molar-refractivity contribution is 6.31. The number of nitrogens with zero attached hydrogens (tertiary/aromatic N) is 2. The SMILES string of the molecule is CCc1nn(C)c(CC(NC)c2cccc(F)c2)c1Cl. The van der Waals surface area contributed by atoms with E-state index in [1.54, 1.807) is 12.1 Å². The van der Waals surface area contributed by atoms with E-state index in [2.05, 4.69) is 10.4 Å². The van der Waals surface area contributed by atoms with Gasteiger partial charge in [0.25, 0.3) is 0 Å². The fourth-order valence-electron chi connectivity index (χ4n) is 2.34. The first-order valence-electron chi connectivity index (χ1n) is 6.69. The summed E-state index contributed by atoms with van der Waals surface area (Å²) in [4.78, 5) is 0. The number of hydrogen-bond acceptors (Lipinski definition) is 2. The lowest BCUT2D eigenvalue weighted by atomic mass is 10.0. The predicted octanol–water partition coefficient (Wildman–Crippen LogP) is 3.28. The van der Waals surface area contributed by atoms with Crippen LogP contribution in [-0.4, -0.2) is 16.8 Å². The molecule has 1 heterocycles. The molecule has 1 atom stereocenters. The van der Waals surface area contributed by atoms with Gasteiger partial charge >= 0.3 is 0 Å². The van der Waals surface area contributed by atoms with Crippen LogP contribution in [0.25, 0.3) is 0 Å². The van der Waals surface area contributed by atoms with Crippen molar-refractivity contribution >= 4 is 11.6 Å². The van der Waals surface area contributed by atoms with E-state index in [1.165, 1.54) is 6.07 Å². The van der Waals surface area contributed by atoms with Gasteiger partial charge in [0.15, 0.2) is 0 Å². The molecule has 1 unspecified atom stereocenters. The average Bonchev–Trinajstić information content (AvgIpc) is 2.71. The van der Waals surface area contributed by atoms with Crippen LogP contribution in [0.15, 0.2) is 24.3 Å². The van der Waals surface area contributed by atoms with Gasteiger partial charge in [0, 0.05) is 19.5 Å². The van der Waals surface area contributed by atoms with E-state index in [-0.39, 0.29) is 11.9 Å². The molecule has 1 aromatic heterocycles. The molecular weight excluding hydrogens is 277 g/mol. The molecule has 0 bridgehead atoms. The summed E-state index contributed by atoms with van der Waals surface area (Å²) in [5, 5.41) is 8.33. The minimum atomic E-state index is -0.229. The molecule has 0 saturated heterocycles. The summed E-state index contributed by atoms with van der Waals surface area (Å²) in [6.45, 7) is 2.03. The van der Waals surface area contributed by atoms with Gasteiger partial charge in [0.2, 0.25) is 0 Å². The van der Waals surface area contributed by atoms with E-state index in [9.17, 15) is 4.39 Å². The molecule has 5 heteroatoms. The van der Waals surface area contributed by atoms with Crippen LogP contribution in [0.3, 0.4) is 0 Å². The van der Waals surface area contributed by atoms with Gasteiger partial charge in [-0.25, -0.2) is 4.39 Å². The Morgan fingerprint density at radius 1 is 1.45 bits per heavy atom. The summed E-state index contributed by atoms with van der Waals surface area (Å²) in [5.41, 5.74) is 2.77. The summed E-state index contributed by atoms with van der Waals surface area (Å²) in [5.74, 6) is -0.229. The lowest BCUT2D eigenvalue weighted by molar-refractivity contribution is 0.553. The molecule has 2 rings (SSSR count). The van der Waals surface area contributed by atoms with Crippen molar-refractivity contribution in [2.45, 2.75) is 25.8 Å². The minimum Gasteiger partial charge on any atom is -0.313 e. The molecule has 2 aromatic rings. The van der Waals surface area contributed by atoms with Gasteiger partial charge in [-0.1, -0.05) is 30.7 Å². The van der Waals surface area contributed by atoms with Crippen LogP contribution in [0.1, 0.15) is 29.9 Å². The van der Waals surface area contributed by atoms with Crippen LogP contribution in [0.5, 0.6) is 0 Å². The summed E-state index contributed by atoms with van der Waals surface area (Å²) in [7, 11) is 3.75. The van der Waals surface area contributed by atoms with E-state index < -0.39 is 0 Å². The van der Waals surface area contributed by atoms with Gasteiger partial charge in [-0.05, 0) is 31.2 Å². The fourth-order valence-corrected chi connectivity index (χ4v) is 2.72. The summed E-state index contributed by atoms with van der Waals surface area (Å²) >= 11 is 6.36. The van der Waals surface area contributed by atoms with Gasteiger partial charge in [0.05, 0.1) is 16.4 Å². The topological polar surface area (TPSA) is 29.9 Å². The van der Waals surface area contributed by atoms with Crippen LogP contribution >= 0.6 is 11.6 Å². The van der Waals surface area contributed by atoms with Crippen LogP contribution in [-0.2, 0) is 19.9 Å². The molecule has 0 aliphatic rings. The maximum Gasteiger partial charge on any atom is 0.123 e. The molecule has 1 aromatic carbocycles. The normalized spacial score (nSPS) is 12.7. The van der Waals surface area contributed by atoms with E-state index in [0.29, 0.717) is 11.4 Å². The van der Waals surface area contributed by atoms with Crippen LogP contribution in [0.4, 0.5) is 4.39 Å². The first-order chi connectivity index (χ1) is 9.56. The van der Waals surface area contributed by atoms with Gasteiger partial charge in [0.1, 0.15) is 5.82 Å². The standard InChI is InChI=1S/C15H19ClFN3/c1-4-12-15(16)14(20(3)19-12)9-13(18-2)10-6-5-7-11(17)8-10/h5-8,13,18H,4,9H2,1-3H3. The molecule has 0 amide bonds. The third-order valence-corrected chi connectivity index (χ3v) is 3.94. The summed E-state index contributed by atoms with van der Waals surface area (Å²) < 4.78 is 15.2. The first-order valence-corrected chi connectivity index (χ1v) is 7.07. The molecule has 0 radical (unpaired) electrons. The van der Waals surface area contributed by atoms with Crippen molar-refractivity contribution in [1.29, 1.82) is 0 Å². The lowest BCUT2D eigenvalue weighted by Gasteiger charge is -2.17. The number of rotatable bonds is 5. The Kier molecular flexibility index (Phi) is 4.78. The highest BCUT2D eigenvalue weighted by atomic mass is 35.5. The Bertz CT molecular complexity index is 595. The van der Waals surface area contributed by atoms with Crippen LogP contribution < -0.4 is 5.32 Å². The molecule has 108 valence electrons. The maximum atomic E-state index is 13.3. The Morgan fingerprint density at radius 2 is 2.20 bits per heavy atom. The largest absolute Gasteiger partial charge is 0.313 e. The Labute approximate surface area is 123 Å². The summed E-state index contributed by atoms with van der Waals surface area (Å²) in [6.07, 6.45) is 1.47. The average molecular weight is 296 g/mol. The van der Waals surface area contributed by atoms with Crippen molar-refractivity contribution in [2.24, 2.45) is 7.05 Å². The lowest BCUT2D eigenvalue weighted by Crippen LogP contribution is -2.20. The first kappa shape index (κ1) is 15.0. The van der Waals surface area contributed by atoms with Crippen molar-refractivity contribution in [3.63, 3.8) is 0 Å². The van der Waals surface area contributed by atoms with E-state index in [0.717, 1.165) is 23.4 Å². The Morgan fingerprint density at radius 3 is 2.75 bits per heavy atom. The number of benzene rings is 1. The zero-order valence-corrected chi connectivity index (χ0v) is 12.7. The molecule has 1 N–H and O–H groups in total. The molecular formula is C15H19ClFN3. The molecule has 3 nitrogen and oxygen atoms in total. The second kappa shape index (κ2) is 6.37. The van der Waals surface area contributed by atoms with E-state index >= 15 is 0 Å². The van der Waals surface area contributed by atoms with Gasteiger partial charge in [-0.3, -0.25) is 4.68 Å². The number of likely N-dealkylation sites (N-methyl/N-ethyl adjacent to an activating group) is 1. The zero-order valence-electron chi connectivity index (χ0n) is 12.0. The van der Waals surface area contributed by atoms with Crippen molar-refractivity contribution < 1.29 is 4.39 Å². The minimum absolute atomic E-state index is 0.00306. The molecule has 20 heavy (non-hydrogen) atoms. The van der Waals surface area contributed by atoms with Crippen molar-refractivity contribution in [1.82, 2.24) is 15.1 Å². The van der Waals surface area contributed by atoms with Crippen molar-refractivity contribution in [3.8, 4) is 0 Å². The third-order valence-electron chi connectivity index (χ3n) is 3.50. The Hall–Kier alpha value is -1.39. The van der Waals surface area contributed by atoms with Crippen molar-refractivity contribution in [2.75, 3.05) is 7.05 Å². The van der Waals surface area contributed by atoms with Crippen LogP contribution in [0.2, 0.25) is 5.02 Å². The van der Waals surface area contributed by atoms with Gasteiger partial charge < -0.3 is 5.32 Å². The number of aromatic nitrogens is 2. The molecule has 0 saturated carbocycles. The number of aryl methyl sites for hydroxylation is 2. The van der Waals surface area contributed by atoms with Crippen molar-refractivity contribution in [3.05, 3.63) is 52.1 Å². The van der Waals surface area contributed by atoms with E-state index in [1.807, 2.05) is 31.8 Å². The monoisotopic (exact) mass is 295 g/mol. The zero-order chi connectivity index (χ0) is 14.7. The number of halogens is 2. The summed E-state index contributed by atoms with van der Waals surface area (Å²) in [6, 6.07) is 6.63. The second-order valence-corrected chi connectivity index (χ2v) is 5.16. The van der Waals surface area contributed by atoms with Gasteiger partial charge in [-0.2, -0.15) is 5.10 Å². The molecule has 0 aliphatic carbocycles. The third kappa shape index (κ3) is 3.02. The van der Waals surface area contributed by atoms with Gasteiger partial charge in [-0.15, -0.1) is 0 Å². The molecule has 0 spiro atoms. The van der Waals surface area contributed by atoms with E-state index in [4.69, 9.17) is 11.6 Å². The highest BCUT2D eigenvalue weighted by Crippen LogP contribution is 2.26. The number of nitrogens with one attached hydrogen (secondary N) is 1. The smallest absolute Gasteiger partial charge is 0.123 e. The predicted molar refractivity (Wildman–Crippen MR) is 79.5 cm³/mol. The quantitative estimate of drug-likeness (QED) is 0.917. The van der Waals surface area contributed by atoms with Crippen LogP contribution in [0, 0.1) is 5.82 Å². The maximum absolute atomic E-state index is 13.3. The highest BCUT2D eigenvalue weighted by Gasteiger charge is 2.18.